The van der Waals surface area contributed by atoms with Crippen LogP contribution >= 0.6 is 11.8 Å². The lowest BCUT2D eigenvalue weighted by Crippen LogP contribution is -2.30. The second kappa shape index (κ2) is 9.36. The molecule has 2 N–H and O–H groups in total. The number of thioether (sulfide) groups is 1. The zero-order valence-corrected chi connectivity index (χ0v) is 18.9. The molecular formula is C25H24N2O4S. The number of furan rings is 1. The number of ether oxygens (including phenoxy) is 1. The van der Waals surface area contributed by atoms with Gasteiger partial charge in [-0.05, 0) is 54.8 Å². The van der Waals surface area contributed by atoms with Crippen LogP contribution < -0.4 is 10.6 Å². The Morgan fingerprint density at radius 3 is 2.69 bits per heavy atom. The minimum absolute atomic E-state index is 0.153. The number of methoxy groups -OCH3 is 1. The van der Waals surface area contributed by atoms with Crippen LogP contribution in [-0.4, -0.2) is 24.5 Å². The number of hydrogen-bond acceptors (Lipinski definition) is 6. The van der Waals surface area contributed by atoms with Gasteiger partial charge in [0.1, 0.15) is 11.5 Å². The number of nitrogens with one attached hydrogen (secondary N) is 2. The molecule has 7 heteroatoms. The predicted octanol–water partition coefficient (Wildman–Crippen LogP) is 5.20. The van der Waals surface area contributed by atoms with Crippen molar-refractivity contribution in [3.8, 4) is 11.3 Å². The number of carbonyl (C=O) groups excluding carboxylic acids is 2. The van der Waals surface area contributed by atoms with Crippen molar-refractivity contribution in [2.24, 2.45) is 0 Å². The van der Waals surface area contributed by atoms with Crippen molar-refractivity contribution in [3.63, 3.8) is 0 Å². The maximum absolute atomic E-state index is 12.4. The minimum Gasteiger partial charge on any atom is -0.465 e. The molecule has 1 aliphatic rings. The fourth-order valence-corrected chi connectivity index (χ4v) is 4.46. The third-order valence-corrected chi connectivity index (χ3v) is 6.32. The molecule has 1 saturated heterocycles. The van der Waals surface area contributed by atoms with E-state index < -0.39 is 0 Å². The van der Waals surface area contributed by atoms with E-state index in [0.717, 1.165) is 23.2 Å². The molecule has 0 radical (unpaired) electrons. The van der Waals surface area contributed by atoms with Crippen molar-refractivity contribution in [1.29, 1.82) is 0 Å². The molecule has 1 fully saturated rings. The zero-order valence-electron chi connectivity index (χ0n) is 18.1. The normalized spacial score (nSPS) is 16.8. The Hall–Kier alpha value is -3.45. The van der Waals surface area contributed by atoms with Gasteiger partial charge in [-0.2, -0.15) is 0 Å². The topological polar surface area (TPSA) is 80.6 Å². The molecule has 0 aliphatic carbocycles. The lowest BCUT2D eigenvalue weighted by molar-refractivity contribution is -0.116. The Labute approximate surface area is 191 Å². The number of benzene rings is 2. The molecule has 3 aromatic rings. The van der Waals surface area contributed by atoms with Gasteiger partial charge in [0.25, 0.3) is 5.91 Å². The first-order valence-corrected chi connectivity index (χ1v) is 11.2. The van der Waals surface area contributed by atoms with Gasteiger partial charge in [-0.15, -0.1) is 0 Å². The SMILES string of the molecule is CCc1ccc(N[C@H]2NC(=O)/C(=C/c3ccc(-c4cccc(C(=O)OC)c4C)o3)S2)cc1. The summed E-state index contributed by atoms with van der Waals surface area (Å²) in [4.78, 5) is 25.0. The van der Waals surface area contributed by atoms with Crippen molar-refractivity contribution < 1.29 is 18.7 Å². The first-order valence-electron chi connectivity index (χ1n) is 10.3. The molecule has 0 saturated carbocycles. The molecule has 1 amide bonds. The summed E-state index contributed by atoms with van der Waals surface area (Å²) in [7, 11) is 1.36. The molecule has 164 valence electrons. The number of anilines is 1. The molecule has 1 atom stereocenters. The van der Waals surface area contributed by atoms with E-state index in [1.807, 2.05) is 37.3 Å². The van der Waals surface area contributed by atoms with E-state index in [-0.39, 0.29) is 17.4 Å². The standard InChI is InChI=1S/C25H24N2O4S/c1-4-16-8-10-17(11-9-16)26-25-27-23(28)22(32-25)14-18-12-13-21(31-18)19-6-5-7-20(15(19)2)24(29)30-3/h5-14,25-26H,4H2,1-3H3,(H,27,28)/b22-14-/t25-/m0/s1. The van der Waals surface area contributed by atoms with Crippen LogP contribution in [-0.2, 0) is 16.0 Å². The lowest BCUT2D eigenvalue weighted by Gasteiger charge is -2.12. The van der Waals surface area contributed by atoms with Gasteiger partial charge in [0.05, 0.1) is 17.6 Å². The Morgan fingerprint density at radius 2 is 1.97 bits per heavy atom. The monoisotopic (exact) mass is 448 g/mol. The number of aryl methyl sites for hydroxylation is 1. The van der Waals surface area contributed by atoms with E-state index in [9.17, 15) is 9.59 Å². The summed E-state index contributed by atoms with van der Waals surface area (Å²) in [6, 6.07) is 17.2. The second-order valence-corrected chi connectivity index (χ2v) is 8.49. The summed E-state index contributed by atoms with van der Waals surface area (Å²) in [6.45, 7) is 3.97. The van der Waals surface area contributed by atoms with E-state index in [2.05, 4.69) is 29.7 Å². The Balaban J connectivity index is 1.49. The maximum Gasteiger partial charge on any atom is 0.338 e. The first-order chi connectivity index (χ1) is 15.5. The summed E-state index contributed by atoms with van der Waals surface area (Å²) in [5.74, 6) is 0.641. The summed E-state index contributed by atoms with van der Waals surface area (Å²) >= 11 is 1.40. The fourth-order valence-electron chi connectivity index (χ4n) is 3.49. The maximum atomic E-state index is 12.4. The van der Waals surface area contributed by atoms with Gasteiger partial charge in [-0.1, -0.05) is 43.0 Å². The van der Waals surface area contributed by atoms with Gasteiger partial charge in [0.15, 0.2) is 5.50 Å². The molecule has 0 unspecified atom stereocenters. The van der Waals surface area contributed by atoms with E-state index in [4.69, 9.17) is 9.15 Å². The number of esters is 1. The smallest absolute Gasteiger partial charge is 0.338 e. The van der Waals surface area contributed by atoms with Gasteiger partial charge >= 0.3 is 5.97 Å². The Bertz CT molecular complexity index is 1180. The van der Waals surface area contributed by atoms with E-state index in [0.29, 0.717) is 22.0 Å². The van der Waals surface area contributed by atoms with Crippen LogP contribution in [0, 0.1) is 6.92 Å². The average Bonchev–Trinajstić information content (AvgIpc) is 3.40. The molecule has 1 aliphatic heterocycles. The first kappa shape index (κ1) is 21.8. The Kier molecular flexibility index (Phi) is 6.37. The summed E-state index contributed by atoms with van der Waals surface area (Å²) in [6.07, 6.45) is 2.71. The van der Waals surface area contributed by atoms with Crippen molar-refractivity contribution in [2.75, 3.05) is 12.4 Å². The molecule has 32 heavy (non-hydrogen) atoms. The molecule has 0 bridgehead atoms. The number of amides is 1. The van der Waals surface area contributed by atoms with Crippen molar-refractivity contribution >= 4 is 35.4 Å². The largest absolute Gasteiger partial charge is 0.465 e. The fraction of sp³-hybridized carbons (Fsp3) is 0.200. The van der Waals surface area contributed by atoms with Crippen molar-refractivity contribution in [3.05, 3.63) is 82.0 Å². The molecule has 1 aromatic heterocycles. The summed E-state index contributed by atoms with van der Waals surface area (Å²) in [5, 5.41) is 6.24. The lowest BCUT2D eigenvalue weighted by atomic mass is 10.0. The van der Waals surface area contributed by atoms with Crippen LogP contribution in [0.3, 0.4) is 0 Å². The van der Waals surface area contributed by atoms with Crippen LogP contribution in [0.5, 0.6) is 0 Å². The highest BCUT2D eigenvalue weighted by Gasteiger charge is 2.27. The number of rotatable bonds is 6. The van der Waals surface area contributed by atoms with Crippen LogP contribution in [0.4, 0.5) is 5.69 Å². The van der Waals surface area contributed by atoms with Gasteiger partial charge in [0, 0.05) is 17.3 Å². The van der Waals surface area contributed by atoms with Crippen LogP contribution in [0.15, 0.2) is 63.9 Å². The average molecular weight is 449 g/mol. The Morgan fingerprint density at radius 1 is 1.19 bits per heavy atom. The molecular weight excluding hydrogens is 424 g/mol. The van der Waals surface area contributed by atoms with Crippen molar-refractivity contribution in [1.82, 2.24) is 5.32 Å². The molecule has 0 spiro atoms. The van der Waals surface area contributed by atoms with E-state index in [1.165, 1.54) is 24.4 Å². The predicted molar refractivity (Wildman–Crippen MR) is 127 cm³/mol. The van der Waals surface area contributed by atoms with Crippen LogP contribution in [0.2, 0.25) is 0 Å². The van der Waals surface area contributed by atoms with Gasteiger partial charge < -0.3 is 19.8 Å². The molecule has 2 aromatic carbocycles. The third-order valence-electron chi connectivity index (χ3n) is 5.30. The molecule has 4 rings (SSSR count). The van der Waals surface area contributed by atoms with E-state index >= 15 is 0 Å². The van der Waals surface area contributed by atoms with Gasteiger partial charge in [-0.3, -0.25) is 4.79 Å². The summed E-state index contributed by atoms with van der Waals surface area (Å²) in [5.41, 5.74) is 4.03. The summed E-state index contributed by atoms with van der Waals surface area (Å²) < 4.78 is 10.8. The van der Waals surface area contributed by atoms with E-state index in [1.54, 1.807) is 18.2 Å². The molecule has 2 heterocycles. The number of hydrogen-bond donors (Lipinski definition) is 2. The van der Waals surface area contributed by atoms with Crippen molar-refractivity contribution in [2.45, 2.75) is 25.8 Å². The third kappa shape index (κ3) is 4.57. The van der Waals surface area contributed by atoms with Crippen LogP contribution in [0.25, 0.3) is 17.4 Å². The highest BCUT2D eigenvalue weighted by Crippen LogP contribution is 2.33. The van der Waals surface area contributed by atoms with Crippen LogP contribution in [0.1, 0.15) is 34.2 Å². The second-order valence-electron chi connectivity index (χ2n) is 7.35. The minimum atomic E-state index is -0.389. The quantitative estimate of drug-likeness (QED) is 0.398. The highest BCUT2D eigenvalue weighted by atomic mass is 32.2. The zero-order chi connectivity index (χ0) is 22.7. The molecule has 6 nitrogen and oxygen atoms in total. The van der Waals surface area contributed by atoms with Gasteiger partial charge in [-0.25, -0.2) is 4.79 Å². The highest BCUT2D eigenvalue weighted by molar-refractivity contribution is 8.05. The van der Waals surface area contributed by atoms with Gasteiger partial charge in [0.2, 0.25) is 0 Å². The number of carbonyl (C=O) groups is 2.